The second-order valence-corrected chi connectivity index (χ2v) is 6.75. The van der Waals surface area contributed by atoms with E-state index < -0.39 is 42.7 Å². The summed E-state index contributed by atoms with van der Waals surface area (Å²) in [5.41, 5.74) is -2.49. The minimum atomic E-state index is -1.11. The predicted molar refractivity (Wildman–Crippen MR) is 94.1 cm³/mol. The topological polar surface area (TPSA) is 202 Å². The third-order valence-corrected chi connectivity index (χ3v) is 4.24. The monoisotopic (exact) mass is 390 g/mol. The molecule has 10 heteroatoms. The summed E-state index contributed by atoms with van der Waals surface area (Å²) in [6.45, 7) is 0.791. The summed E-state index contributed by atoms with van der Waals surface area (Å²) >= 11 is 0. The van der Waals surface area contributed by atoms with Crippen LogP contribution in [0.25, 0.3) is 0 Å². The zero-order valence-electron chi connectivity index (χ0n) is 15.8. The molecule has 10 N–H and O–H groups in total. The van der Waals surface area contributed by atoms with Crippen molar-refractivity contribution in [3.8, 4) is 0 Å². The van der Waals surface area contributed by atoms with E-state index in [9.17, 15) is 0 Å². The van der Waals surface area contributed by atoms with Crippen LogP contribution < -0.4 is 0 Å². The van der Waals surface area contributed by atoms with Gasteiger partial charge in [-0.2, -0.15) is 0 Å². The molecule has 162 valence electrons. The highest BCUT2D eigenvalue weighted by molar-refractivity contribution is 4.75. The average molecular weight is 390 g/mol. The Morgan fingerprint density at radius 3 is 0.654 bits per heavy atom. The molecule has 0 unspecified atom stereocenters. The third kappa shape index (κ3) is 11.3. The van der Waals surface area contributed by atoms with Crippen LogP contribution in [-0.2, 0) is 0 Å². The van der Waals surface area contributed by atoms with Crippen LogP contribution in [0.1, 0.15) is 20.3 Å². The van der Waals surface area contributed by atoms with Crippen molar-refractivity contribution in [1.82, 2.24) is 0 Å². The third-order valence-electron chi connectivity index (χ3n) is 4.24. The maximum absolute atomic E-state index is 8.66. The predicted octanol–water partition coefficient (Wildman–Crippen LogP) is -3.73. The molecule has 0 fully saturated rings. The van der Waals surface area contributed by atoms with Gasteiger partial charge >= 0.3 is 0 Å². The Balaban J connectivity index is -0.000000306. The van der Waals surface area contributed by atoms with E-state index in [4.69, 9.17) is 51.1 Å². The summed E-state index contributed by atoms with van der Waals surface area (Å²) in [7, 11) is 0. The Labute approximate surface area is 154 Å². The van der Waals surface area contributed by atoms with Crippen LogP contribution in [-0.4, -0.2) is 117 Å². The minimum Gasteiger partial charge on any atom is -0.396 e. The first-order chi connectivity index (χ1) is 12.2. The van der Waals surface area contributed by atoms with Crippen molar-refractivity contribution < 1.29 is 51.1 Å². The van der Waals surface area contributed by atoms with Gasteiger partial charge in [-0.05, 0) is 6.42 Å². The fourth-order valence-corrected chi connectivity index (χ4v) is 0.935. The highest BCUT2D eigenvalue weighted by atomic mass is 16.3. The molecule has 0 saturated carbocycles. The van der Waals surface area contributed by atoms with Crippen molar-refractivity contribution >= 4 is 0 Å². The lowest BCUT2D eigenvalue weighted by molar-refractivity contribution is -0.0328. The summed E-state index contributed by atoms with van der Waals surface area (Å²) in [6.07, 6.45) is 0.594. The Morgan fingerprint density at radius 1 is 0.423 bits per heavy atom. The van der Waals surface area contributed by atoms with Gasteiger partial charge in [-0.25, -0.2) is 0 Å². The van der Waals surface area contributed by atoms with Gasteiger partial charge in [-0.15, -0.1) is 0 Å². The SMILES string of the molecule is CC(CO)(CO)CO.CCC(CO)(CO)CO.OCC(CO)(CO)CO. The smallest absolute Gasteiger partial charge is 0.0627 e. The van der Waals surface area contributed by atoms with E-state index in [2.05, 4.69) is 0 Å². The average Bonchev–Trinajstić information content (AvgIpc) is 2.73. The summed E-state index contributed by atoms with van der Waals surface area (Å²) in [5.74, 6) is 0. The molecular weight excluding hydrogens is 352 g/mol. The van der Waals surface area contributed by atoms with E-state index in [1.165, 1.54) is 0 Å². The molecule has 0 aliphatic heterocycles. The second kappa shape index (κ2) is 16.8. The molecule has 0 bridgehead atoms. The van der Waals surface area contributed by atoms with E-state index >= 15 is 0 Å². The molecule has 0 spiro atoms. The first-order valence-corrected chi connectivity index (χ1v) is 8.26. The zero-order valence-corrected chi connectivity index (χ0v) is 15.8. The standard InChI is InChI=1S/C6H14O3.C5H12O4.C5H12O3/c1-2-6(3-7,4-8)5-9;6-1-5(2-7,3-8)4-9;1-5(2-6,3-7)4-8/h7-9H,2-5H2,1H3;6-9H,1-4H2;6-8H,2-4H2,1H3. The van der Waals surface area contributed by atoms with Gasteiger partial charge in [0.1, 0.15) is 0 Å². The van der Waals surface area contributed by atoms with Crippen molar-refractivity contribution in [2.24, 2.45) is 16.2 Å². The maximum Gasteiger partial charge on any atom is 0.0627 e. The molecule has 0 aromatic carbocycles. The van der Waals surface area contributed by atoms with Gasteiger partial charge < -0.3 is 51.1 Å². The quantitative estimate of drug-likeness (QED) is 0.167. The Morgan fingerprint density at radius 2 is 0.654 bits per heavy atom. The van der Waals surface area contributed by atoms with Gasteiger partial charge in [0.2, 0.25) is 0 Å². The number of aliphatic hydroxyl groups is 10. The highest BCUT2D eigenvalue weighted by Crippen LogP contribution is 2.18. The zero-order chi connectivity index (χ0) is 21.3. The molecule has 0 aromatic heterocycles. The van der Waals surface area contributed by atoms with Crippen molar-refractivity contribution in [1.29, 1.82) is 0 Å². The van der Waals surface area contributed by atoms with Gasteiger partial charge in [0, 0.05) is 10.8 Å². The van der Waals surface area contributed by atoms with E-state index in [1.54, 1.807) is 6.92 Å². The molecule has 0 atom stereocenters. The van der Waals surface area contributed by atoms with Gasteiger partial charge in [-0.3, -0.25) is 0 Å². The fraction of sp³-hybridized carbons (Fsp3) is 1.00. The molecule has 0 aliphatic carbocycles. The minimum absolute atomic E-state index is 0.156. The van der Waals surface area contributed by atoms with Crippen LogP contribution in [0.4, 0.5) is 0 Å². The van der Waals surface area contributed by atoms with Crippen LogP contribution >= 0.6 is 0 Å². The van der Waals surface area contributed by atoms with E-state index in [-0.39, 0.29) is 39.6 Å². The summed E-state index contributed by atoms with van der Waals surface area (Å²) in [4.78, 5) is 0. The molecule has 0 radical (unpaired) electrons. The van der Waals surface area contributed by atoms with Crippen LogP contribution in [0.3, 0.4) is 0 Å². The lowest BCUT2D eigenvalue weighted by Crippen LogP contribution is -2.37. The van der Waals surface area contributed by atoms with Gasteiger partial charge in [0.05, 0.1) is 71.5 Å². The van der Waals surface area contributed by atoms with Gasteiger partial charge in [0.25, 0.3) is 0 Å². The number of aliphatic hydroxyl groups excluding tert-OH is 10. The first kappa shape index (κ1) is 30.3. The summed E-state index contributed by atoms with van der Waals surface area (Å²) in [6, 6.07) is 0. The van der Waals surface area contributed by atoms with Crippen molar-refractivity contribution in [2.45, 2.75) is 20.3 Å². The molecule has 0 aromatic rings. The molecular formula is C16H38O10. The molecule has 0 rings (SSSR count). The van der Waals surface area contributed by atoms with Crippen LogP contribution in [0.15, 0.2) is 0 Å². The summed E-state index contributed by atoms with van der Waals surface area (Å²) in [5, 5.41) is 85.4. The summed E-state index contributed by atoms with van der Waals surface area (Å²) < 4.78 is 0. The van der Waals surface area contributed by atoms with Crippen LogP contribution in [0.2, 0.25) is 0 Å². The molecule has 0 aliphatic rings. The highest BCUT2D eigenvalue weighted by Gasteiger charge is 2.26. The van der Waals surface area contributed by atoms with Crippen molar-refractivity contribution in [3.05, 3.63) is 0 Å². The van der Waals surface area contributed by atoms with Gasteiger partial charge in [-0.1, -0.05) is 13.8 Å². The van der Waals surface area contributed by atoms with Crippen LogP contribution in [0.5, 0.6) is 0 Å². The number of hydrogen-bond acceptors (Lipinski definition) is 10. The lowest BCUT2D eigenvalue weighted by atomic mass is 9.88. The molecule has 10 nitrogen and oxygen atoms in total. The molecule has 0 heterocycles. The molecule has 26 heavy (non-hydrogen) atoms. The first-order valence-electron chi connectivity index (χ1n) is 8.26. The largest absolute Gasteiger partial charge is 0.396 e. The normalized spacial score (nSPS) is 12.0. The molecule has 0 amide bonds. The van der Waals surface area contributed by atoms with E-state index in [0.29, 0.717) is 6.42 Å². The lowest BCUT2D eigenvalue weighted by Gasteiger charge is -2.24. The molecule has 0 saturated heterocycles. The van der Waals surface area contributed by atoms with E-state index in [0.717, 1.165) is 0 Å². The second-order valence-electron chi connectivity index (χ2n) is 6.75. The van der Waals surface area contributed by atoms with E-state index in [1.807, 2.05) is 6.92 Å². The maximum atomic E-state index is 8.66. The number of hydrogen-bond donors (Lipinski definition) is 10. The van der Waals surface area contributed by atoms with Crippen molar-refractivity contribution in [3.63, 3.8) is 0 Å². The Kier molecular flexibility index (Phi) is 19.5. The van der Waals surface area contributed by atoms with Gasteiger partial charge in [0.15, 0.2) is 0 Å². The number of rotatable bonds is 11. The fourth-order valence-electron chi connectivity index (χ4n) is 0.935. The van der Waals surface area contributed by atoms with Crippen LogP contribution in [0, 0.1) is 16.2 Å². The Hall–Kier alpha value is -0.400. The Bertz CT molecular complexity index is 225. The van der Waals surface area contributed by atoms with Crippen molar-refractivity contribution in [2.75, 3.05) is 66.1 Å².